The molecule has 3 N–H and O–H groups in total. The van der Waals surface area contributed by atoms with Crippen molar-refractivity contribution in [2.45, 2.75) is 10.4 Å². The number of oxime groups is 1. The van der Waals surface area contributed by atoms with Gasteiger partial charge < -0.3 is 10.9 Å². The van der Waals surface area contributed by atoms with Crippen LogP contribution in [0.15, 0.2) is 34.3 Å². The van der Waals surface area contributed by atoms with E-state index in [0.717, 1.165) is 24.3 Å². The quantitative estimate of drug-likeness (QED) is 0.363. The van der Waals surface area contributed by atoms with Crippen LogP contribution in [0.2, 0.25) is 0 Å². The molecule has 0 heterocycles. The summed E-state index contributed by atoms with van der Waals surface area (Å²) in [6, 6.07) is 3.48. The molecule has 0 aromatic heterocycles. The van der Waals surface area contributed by atoms with Crippen molar-refractivity contribution in [2.75, 3.05) is 0 Å². The molecular weight excluding hydrogens is 261 g/mol. The van der Waals surface area contributed by atoms with Gasteiger partial charge in [-0.3, -0.25) is 0 Å². The average Bonchev–Trinajstić information content (AvgIpc) is 2.26. The van der Waals surface area contributed by atoms with Crippen LogP contribution >= 0.6 is 0 Å². The number of sulfone groups is 1. The molecule has 1 aromatic carbocycles. The zero-order chi connectivity index (χ0) is 13.3. The molecule has 0 saturated heterocycles. The number of nitrogens with zero attached hydrogens (tertiary/aromatic N) is 1. The molecule has 0 fully saturated rings. The second-order valence-electron chi connectivity index (χ2n) is 2.96. The van der Waals surface area contributed by atoms with Crippen LogP contribution in [-0.2, 0) is 9.84 Å². The van der Waals surface area contributed by atoms with E-state index < -0.39 is 20.2 Å². The van der Waals surface area contributed by atoms with E-state index in [2.05, 4.69) is 5.16 Å². The maximum Gasteiger partial charge on any atom is 0.501 e. The number of nitrogens with two attached hydrogens (primary N) is 1. The molecule has 0 aliphatic heterocycles. The van der Waals surface area contributed by atoms with Gasteiger partial charge in [0.1, 0.15) is 0 Å². The van der Waals surface area contributed by atoms with E-state index in [4.69, 9.17) is 10.9 Å². The molecule has 0 spiro atoms. The van der Waals surface area contributed by atoms with Crippen LogP contribution < -0.4 is 5.73 Å². The molecule has 0 bridgehead atoms. The normalized spacial score (nSPS) is 13.7. The molecule has 5 nitrogen and oxygen atoms in total. The summed E-state index contributed by atoms with van der Waals surface area (Å²) in [7, 11) is -5.37. The Morgan fingerprint density at radius 1 is 1.24 bits per heavy atom. The Balaban J connectivity index is 3.22. The van der Waals surface area contributed by atoms with Crippen LogP contribution in [0.25, 0.3) is 0 Å². The first-order valence-electron chi connectivity index (χ1n) is 4.09. The highest BCUT2D eigenvalue weighted by molar-refractivity contribution is 7.92. The SMILES string of the molecule is N/C(=N\O)c1ccc(S(=O)(=O)C(F)(F)F)cc1. The maximum absolute atomic E-state index is 12.2. The second-order valence-corrected chi connectivity index (χ2v) is 4.90. The van der Waals surface area contributed by atoms with Gasteiger partial charge in [-0.1, -0.05) is 5.16 Å². The van der Waals surface area contributed by atoms with Gasteiger partial charge in [-0.2, -0.15) is 13.2 Å². The predicted octanol–water partition coefficient (Wildman–Crippen LogP) is 1.07. The van der Waals surface area contributed by atoms with E-state index in [9.17, 15) is 21.6 Å². The summed E-state index contributed by atoms with van der Waals surface area (Å²) in [4.78, 5) is -0.903. The van der Waals surface area contributed by atoms with Gasteiger partial charge in [-0.25, -0.2) is 8.42 Å². The van der Waals surface area contributed by atoms with Gasteiger partial charge in [0, 0.05) is 5.56 Å². The molecule has 17 heavy (non-hydrogen) atoms. The molecule has 0 aliphatic carbocycles. The highest BCUT2D eigenvalue weighted by atomic mass is 32.2. The monoisotopic (exact) mass is 268 g/mol. The lowest BCUT2D eigenvalue weighted by Gasteiger charge is -2.08. The lowest BCUT2D eigenvalue weighted by atomic mass is 10.2. The summed E-state index contributed by atoms with van der Waals surface area (Å²) in [6.07, 6.45) is 0. The number of hydrogen-bond donors (Lipinski definition) is 2. The fourth-order valence-corrected chi connectivity index (χ4v) is 1.76. The van der Waals surface area contributed by atoms with E-state index in [1.54, 1.807) is 0 Å². The van der Waals surface area contributed by atoms with Crippen LogP contribution in [-0.4, -0.2) is 25.0 Å². The fraction of sp³-hybridized carbons (Fsp3) is 0.125. The molecule has 1 rings (SSSR count). The van der Waals surface area contributed by atoms with Gasteiger partial charge in [0.15, 0.2) is 5.84 Å². The number of hydrogen-bond acceptors (Lipinski definition) is 4. The van der Waals surface area contributed by atoms with Crippen molar-refractivity contribution in [3.63, 3.8) is 0 Å². The van der Waals surface area contributed by atoms with E-state index >= 15 is 0 Å². The standard InChI is InChI=1S/C8H7F3N2O3S/c9-8(10,11)17(15,16)6-3-1-5(2-4-6)7(12)13-14/h1-4,14H,(H2,12,13). The zero-order valence-corrected chi connectivity index (χ0v) is 8.96. The molecule has 0 radical (unpaired) electrons. The Kier molecular flexibility index (Phi) is 3.32. The van der Waals surface area contributed by atoms with Gasteiger partial charge in [0.05, 0.1) is 4.90 Å². The largest absolute Gasteiger partial charge is 0.501 e. The Morgan fingerprint density at radius 3 is 2.06 bits per heavy atom. The highest BCUT2D eigenvalue weighted by Gasteiger charge is 2.46. The van der Waals surface area contributed by atoms with Gasteiger partial charge in [-0.15, -0.1) is 0 Å². The average molecular weight is 268 g/mol. The van der Waals surface area contributed by atoms with Gasteiger partial charge in [0.25, 0.3) is 9.84 Å². The summed E-state index contributed by atoms with van der Waals surface area (Å²) in [6.45, 7) is 0. The summed E-state index contributed by atoms with van der Waals surface area (Å²) in [5.74, 6) is -0.332. The van der Waals surface area contributed by atoms with Crippen molar-refractivity contribution in [1.29, 1.82) is 0 Å². The minimum atomic E-state index is -5.37. The lowest BCUT2D eigenvalue weighted by molar-refractivity contribution is -0.0436. The predicted molar refractivity (Wildman–Crippen MR) is 52.2 cm³/mol. The van der Waals surface area contributed by atoms with Crippen LogP contribution in [0.5, 0.6) is 0 Å². The molecular formula is C8H7F3N2O3S. The highest BCUT2D eigenvalue weighted by Crippen LogP contribution is 2.30. The lowest BCUT2D eigenvalue weighted by Crippen LogP contribution is -2.23. The topological polar surface area (TPSA) is 92.8 Å². The van der Waals surface area contributed by atoms with E-state index in [1.165, 1.54) is 0 Å². The Labute approximate surface area is 94.3 Å². The van der Waals surface area contributed by atoms with E-state index in [1.807, 2.05) is 0 Å². The van der Waals surface area contributed by atoms with Crippen LogP contribution in [0.3, 0.4) is 0 Å². The second kappa shape index (κ2) is 4.24. The molecule has 0 unspecified atom stereocenters. The summed E-state index contributed by atoms with van der Waals surface area (Å²) < 4.78 is 58.4. The fourth-order valence-electron chi connectivity index (χ4n) is 0.996. The maximum atomic E-state index is 12.2. The molecule has 1 aromatic rings. The van der Waals surface area contributed by atoms with Crippen LogP contribution in [0.1, 0.15) is 5.56 Å². The molecule has 94 valence electrons. The van der Waals surface area contributed by atoms with Crippen molar-refractivity contribution in [3.05, 3.63) is 29.8 Å². The Bertz CT molecular complexity index is 534. The summed E-state index contributed by atoms with van der Waals surface area (Å²) in [5.41, 5.74) is -0.0833. The van der Waals surface area contributed by atoms with Gasteiger partial charge in [0.2, 0.25) is 0 Å². The van der Waals surface area contributed by atoms with E-state index in [0.29, 0.717) is 0 Å². The number of rotatable bonds is 2. The van der Waals surface area contributed by atoms with Crippen molar-refractivity contribution >= 4 is 15.7 Å². The smallest absolute Gasteiger partial charge is 0.409 e. The van der Waals surface area contributed by atoms with Gasteiger partial charge >= 0.3 is 5.51 Å². The van der Waals surface area contributed by atoms with Crippen molar-refractivity contribution in [2.24, 2.45) is 10.9 Å². The first-order valence-corrected chi connectivity index (χ1v) is 5.58. The number of alkyl halides is 3. The van der Waals surface area contributed by atoms with Crippen molar-refractivity contribution in [3.8, 4) is 0 Å². The zero-order valence-electron chi connectivity index (χ0n) is 8.14. The number of benzene rings is 1. The van der Waals surface area contributed by atoms with Crippen molar-refractivity contribution in [1.82, 2.24) is 0 Å². The third-order valence-corrected chi connectivity index (χ3v) is 3.38. The Hall–Kier alpha value is -1.77. The molecule has 0 amide bonds. The summed E-state index contributed by atoms with van der Waals surface area (Å²) in [5, 5.41) is 10.9. The minimum absolute atomic E-state index is 0.105. The molecule has 0 aliphatic rings. The van der Waals surface area contributed by atoms with E-state index in [-0.39, 0.29) is 11.4 Å². The molecule has 0 atom stereocenters. The first kappa shape index (κ1) is 13.3. The Morgan fingerprint density at radius 2 is 1.71 bits per heavy atom. The molecule has 9 heteroatoms. The first-order chi connectivity index (χ1) is 7.70. The van der Waals surface area contributed by atoms with Crippen molar-refractivity contribution < 1.29 is 26.8 Å². The summed E-state index contributed by atoms with van der Waals surface area (Å²) >= 11 is 0. The third kappa shape index (κ3) is 2.49. The molecule has 0 saturated carbocycles. The van der Waals surface area contributed by atoms with Gasteiger partial charge in [-0.05, 0) is 24.3 Å². The van der Waals surface area contributed by atoms with Crippen LogP contribution in [0.4, 0.5) is 13.2 Å². The van der Waals surface area contributed by atoms with Crippen LogP contribution in [0, 0.1) is 0 Å². The third-order valence-electron chi connectivity index (χ3n) is 1.87. The number of halogens is 3. The minimum Gasteiger partial charge on any atom is -0.409 e. The number of amidine groups is 1.